The summed E-state index contributed by atoms with van der Waals surface area (Å²) in [5, 5.41) is 1.01. The topological polar surface area (TPSA) is 51.2 Å². The molecule has 0 saturated carbocycles. The van der Waals surface area contributed by atoms with Crippen LogP contribution in [-0.2, 0) is 19.0 Å². The smallest absolute Gasteiger partial charge is 0.253 e. The van der Waals surface area contributed by atoms with Crippen molar-refractivity contribution in [2.45, 2.75) is 25.4 Å². The largest absolute Gasteiger partial charge is 0.381 e. The van der Waals surface area contributed by atoms with Crippen LogP contribution >= 0.6 is 11.3 Å². The summed E-state index contributed by atoms with van der Waals surface area (Å²) < 4.78 is 17.5. The Labute approximate surface area is 159 Å². The van der Waals surface area contributed by atoms with Gasteiger partial charge in [0.2, 0.25) is 0 Å². The van der Waals surface area contributed by atoms with Gasteiger partial charge in [-0.05, 0) is 37.8 Å². The normalized spacial score (nSPS) is 29.3. The molecular weight excluding hydrogens is 352 g/mol. The molecule has 1 aromatic rings. The second kappa shape index (κ2) is 7.94. The van der Waals surface area contributed by atoms with Gasteiger partial charge >= 0.3 is 0 Å². The van der Waals surface area contributed by atoms with Crippen LogP contribution in [0.2, 0.25) is 0 Å². The predicted octanol–water partition coefficient (Wildman–Crippen LogP) is 1.92. The highest BCUT2D eigenvalue weighted by molar-refractivity contribution is 7.16. The van der Waals surface area contributed by atoms with E-state index >= 15 is 0 Å². The van der Waals surface area contributed by atoms with Crippen LogP contribution in [-0.4, -0.2) is 75.6 Å². The number of hydrogen-bond donors (Lipinski definition) is 0. The molecule has 4 heterocycles. The minimum Gasteiger partial charge on any atom is -0.381 e. The molecular formula is C19H28N2O4S. The van der Waals surface area contributed by atoms with E-state index in [2.05, 4.69) is 17.9 Å². The Morgan fingerprint density at radius 2 is 2.04 bits per heavy atom. The van der Waals surface area contributed by atoms with E-state index in [-0.39, 0.29) is 12.5 Å². The molecule has 3 aliphatic heterocycles. The van der Waals surface area contributed by atoms with Gasteiger partial charge in [-0.2, -0.15) is 0 Å². The van der Waals surface area contributed by atoms with Crippen molar-refractivity contribution in [3.8, 4) is 0 Å². The summed E-state index contributed by atoms with van der Waals surface area (Å²) in [6.45, 7) is 8.58. The van der Waals surface area contributed by atoms with Crippen molar-refractivity contribution >= 4 is 22.2 Å². The first-order valence-electron chi connectivity index (χ1n) is 9.52. The average Bonchev–Trinajstić information content (AvgIpc) is 2.98. The zero-order valence-electron chi connectivity index (χ0n) is 15.4. The molecule has 7 heteroatoms. The lowest BCUT2D eigenvalue weighted by atomic mass is 9.97. The highest BCUT2D eigenvalue weighted by Crippen LogP contribution is 2.32. The number of carbonyl (C=O) groups is 1. The first kappa shape index (κ1) is 18.4. The molecule has 1 spiro atoms. The van der Waals surface area contributed by atoms with E-state index in [1.54, 1.807) is 11.3 Å². The van der Waals surface area contributed by atoms with Crippen molar-refractivity contribution < 1.29 is 19.0 Å². The number of amides is 1. The van der Waals surface area contributed by atoms with Crippen LogP contribution in [0.3, 0.4) is 0 Å². The zero-order chi connectivity index (χ0) is 18.0. The Morgan fingerprint density at radius 3 is 2.81 bits per heavy atom. The van der Waals surface area contributed by atoms with Gasteiger partial charge in [0.25, 0.3) is 5.91 Å². The monoisotopic (exact) mass is 380 g/mol. The Hall–Kier alpha value is -0.990. The fraction of sp³-hybridized carbons (Fsp3) is 0.737. The first-order chi connectivity index (χ1) is 12.6. The van der Waals surface area contributed by atoms with Gasteiger partial charge in [-0.1, -0.05) is 0 Å². The van der Waals surface area contributed by atoms with Crippen LogP contribution in [0.4, 0.5) is 5.00 Å². The van der Waals surface area contributed by atoms with Crippen molar-refractivity contribution in [3.63, 3.8) is 0 Å². The van der Waals surface area contributed by atoms with E-state index in [1.165, 1.54) is 4.88 Å². The number of nitrogens with zero attached hydrogens (tertiary/aromatic N) is 2. The Morgan fingerprint density at radius 1 is 1.19 bits per heavy atom. The highest BCUT2D eigenvalue weighted by atomic mass is 32.1. The summed E-state index contributed by atoms with van der Waals surface area (Å²) in [5.41, 5.74) is -0.437. The number of aryl methyl sites for hydroxylation is 1. The molecule has 0 bridgehead atoms. The van der Waals surface area contributed by atoms with Crippen LogP contribution in [0.1, 0.15) is 17.7 Å². The van der Waals surface area contributed by atoms with Gasteiger partial charge < -0.3 is 14.2 Å². The van der Waals surface area contributed by atoms with E-state index in [0.29, 0.717) is 19.1 Å². The van der Waals surface area contributed by atoms with Crippen molar-refractivity contribution in [1.29, 1.82) is 0 Å². The fourth-order valence-electron chi connectivity index (χ4n) is 4.10. The molecule has 1 atom stereocenters. The molecule has 144 valence electrons. The summed E-state index contributed by atoms with van der Waals surface area (Å²) in [4.78, 5) is 18.0. The number of rotatable bonds is 3. The third-order valence-electron chi connectivity index (χ3n) is 5.53. The molecule has 0 radical (unpaired) electrons. The molecule has 1 aromatic heterocycles. The van der Waals surface area contributed by atoms with Crippen LogP contribution in [0.5, 0.6) is 0 Å². The highest BCUT2D eigenvalue weighted by Gasteiger charge is 2.43. The molecule has 3 fully saturated rings. The van der Waals surface area contributed by atoms with Crippen molar-refractivity contribution in [2.24, 2.45) is 5.92 Å². The summed E-state index contributed by atoms with van der Waals surface area (Å²) in [6, 6.07) is 4.10. The summed E-state index contributed by atoms with van der Waals surface area (Å²) in [7, 11) is 0. The average molecular weight is 381 g/mol. The molecule has 1 amide bonds. The third kappa shape index (κ3) is 4.12. The Balaban J connectivity index is 1.47. The number of anilines is 1. The number of ether oxygens (including phenoxy) is 3. The zero-order valence-corrected chi connectivity index (χ0v) is 16.3. The molecule has 3 aliphatic rings. The van der Waals surface area contributed by atoms with Crippen LogP contribution in [0.25, 0.3) is 0 Å². The second-order valence-corrected chi connectivity index (χ2v) is 8.95. The first-order valence-corrected chi connectivity index (χ1v) is 10.3. The standard InChI is InChI=1S/C19H28N2O4S/c1-15-2-3-18(26-15)21-13-19(25-11-17(21)22)12-20(6-9-24-14-19)10-16-4-7-23-8-5-16/h2-3,16H,4-14H2,1H3. The molecule has 3 saturated heterocycles. The van der Waals surface area contributed by atoms with Gasteiger partial charge in [0, 0.05) is 37.7 Å². The predicted molar refractivity (Wildman–Crippen MR) is 101 cm³/mol. The van der Waals surface area contributed by atoms with Crippen molar-refractivity contribution in [2.75, 3.05) is 64.1 Å². The van der Waals surface area contributed by atoms with E-state index in [0.717, 1.165) is 57.3 Å². The van der Waals surface area contributed by atoms with E-state index < -0.39 is 5.60 Å². The minimum absolute atomic E-state index is 0.0395. The third-order valence-corrected chi connectivity index (χ3v) is 6.55. The molecule has 1 unspecified atom stereocenters. The van der Waals surface area contributed by atoms with E-state index in [9.17, 15) is 4.79 Å². The van der Waals surface area contributed by atoms with Crippen LogP contribution in [0, 0.1) is 12.8 Å². The number of thiophene rings is 1. The van der Waals surface area contributed by atoms with E-state index in [1.807, 2.05) is 11.0 Å². The SMILES string of the molecule is Cc1ccc(N2CC3(COCCN(CC4CCOCC4)C3)OCC2=O)s1. The molecule has 0 N–H and O–H groups in total. The maximum atomic E-state index is 12.5. The molecule has 0 aliphatic carbocycles. The van der Waals surface area contributed by atoms with Crippen LogP contribution in [0.15, 0.2) is 12.1 Å². The lowest BCUT2D eigenvalue weighted by Crippen LogP contribution is -2.61. The minimum atomic E-state index is -0.437. The lowest BCUT2D eigenvalue weighted by Gasteiger charge is -2.43. The van der Waals surface area contributed by atoms with Crippen molar-refractivity contribution in [3.05, 3.63) is 17.0 Å². The quantitative estimate of drug-likeness (QED) is 0.802. The second-order valence-electron chi connectivity index (χ2n) is 7.68. The van der Waals surface area contributed by atoms with Gasteiger partial charge in [-0.15, -0.1) is 11.3 Å². The van der Waals surface area contributed by atoms with Crippen molar-refractivity contribution in [1.82, 2.24) is 4.90 Å². The Kier molecular flexibility index (Phi) is 5.61. The maximum absolute atomic E-state index is 12.5. The molecule has 6 nitrogen and oxygen atoms in total. The fourth-order valence-corrected chi connectivity index (χ4v) is 4.98. The Bertz CT molecular complexity index is 631. The summed E-state index contributed by atoms with van der Waals surface area (Å²) >= 11 is 1.66. The molecule has 26 heavy (non-hydrogen) atoms. The summed E-state index contributed by atoms with van der Waals surface area (Å²) in [6.07, 6.45) is 2.26. The molecule has 4 rings (SSSR count). The lowest BCUT2D eigenvalue weighted by molar-refractivity contribution is -0.146. The number of morpholine rings is 1. The number of carbonyl (C=O) groups excluding carboxylic acids is 1. The van der Waals surface area contributed by atoms with Gasteiger partial charge in [0.1, 0.15) is 12.2 Å². The van der Waals surface area contributed by atoms with E-state index in [4.69, 9.17) is 14.2 Å². The number of hydrogen-bond acceptors (Lipinski definition) is 6. The van der Waals surface area contributed by atoms with Gasteiger partial charge in [0.05, 0.1) is 24.8 Å². The van der Waals surface area contributed by atoms with Gasteiger partial charge in [0.15, 0.2) is 0 Å². The van der Waals surface area contributed by atoms with Gasteiger partial charge in [-0.25, -0.2) is 0 Å². The summed E-state index contributed by atoms with van der Waals surface area (Å²) in [5.74, 6) is 0.720. The van der Waals surface area contributed by atoms with Gasteiger partial charge in [-0.3, -0.25) is 14.6 Å². The maximum Gasteiger partial charge on any atom is 0.253 e. The van der Waals surface area contributed by atoms with Crippen LogP contribution < -0.4 is 4.90 Å². The molecule has 0 aromatic carbocycles.